The van der Waals surface area contributed by atoms with Crippen LogP contribution in [0.3, 0.4) is 0 Å². The molecule has 1 fully saturated rings. The number of amides is 3. The van der Waals surface area contributed by atoms with Crippen molar-refractivity contribution in [1.82, 2.24) is 15.1 Å². The average Bonchev–Trinajstić information content (AvgIpc) is 3.18. The lowest BCUT2D eigenvalue weighted by atomic mass is 10.1. The first-order chi connectivity index (χ1) is 11.7. The van der Waals surface area contributed by atoms with Crippen LogP contribution in [0.4, 0.5) is 0 Å². The lowest BCUT2D eigenvalue weighted by Crippen LogP contribution is -2.40. The SMILES string of the molecule is Cl.O=C(CN1C(=O)c2ccccc2C1=O)NCCCCN1CCCC1. The van der Waals surface area contributed by atoms with E-state index in [0.717, 1.165) is 24.3 Å². The molecule has 0 atom stereocenters. The van der Waals surface area contributed by atoms with Crippen LogP contribution in [0.25, 0.3) is 0 Å². The van der Waals surface area contributed by atoms with Crippen molar-refractivity contribution in [3.63, 3.8) is 0 Å². The molecule has 1 N–H and O–H groups in total. The van der Waals surface area contributed by atoms with E-state index in [1.54, 1.807) is 24.3 Å². The van der Waals surface area contributed by atoms with Gasteiger partial charge in [0.2, 0.25) is 5.91 Å². The van der Waals surface area contributed by atoms with Crippen LogP contribution in [0, 0.1) is 0 Å². The van der Waals surface area contributed by atoms with E-state index in [2.05, 4.69) is 10.2 Å². The topological polar surface area (TPSA) is 69.7 Å². The van der Waals surface area contributed by atoms with E-state index in [1.165, 1.54) is 25.9 Å². The van der Waals surface area contributed by atoms with Gasteiger partial charge in [0, 0.05) is 6.54 Å². The van der Waals surface area contributed by atoms with Gasteiger partial charge in [-0.05, 0) is 57.5 Å². The molecule has 2 heterocycles. The Kier molecular flexibility index (Phi) is 6.96. The molecule has 0 bridgehead atoms. The van der Waals surface area contributed by atoms with Crippen molar-refractivity contribution >= 4 is 30.1 Å². The predicted octanol–water partition coefficient (Wildman–Crippen LogP) is 1.70. The van der Waals surface area contributed by atoms with E-state index in [-0.39, 0.29) is 36.7 Å². The van der Waals surface area contributed by atoms with Crippen LogP contribution < -0.4 is 5.32 Å². The lowest BCUT2D eigenvalue weighted by Gasteiger charge is -2.15. The summed E-state index contributed by atoms with van der Waals surface area (Å²) in [6.45, 7) is 3.82. The highest BCUT2D eigenvalue weighted by molar-refractivity contribution is 6.22. The van der Waals surface area contributed by atoms with E-state index in [1.807, 2.05) is 0 Å². The highest BCUT2D eigenvalue weighted by Gasteiger charge is 2.36. The fourth-order valence-corrected chi connectivity index (χ4v) is 3.28. The second kappa shape index (κ2) is 8.97. The summed E-state index contributed by atoms with van der Waals surface area (Å²) in [6, 6.07) is 6.67. The Bertz CT molecular complexity index is 609. The van der Waals surface area contributed by atoms with Gasteiger partial charge in [-0.1, -0.05) is 12.1 Å². The molecule has 6 nitrogen and oxygen atoms in total. The summed E-state index contributed by atoms with van der Waals surface area (Å²) in [5, 5.41) is 2.80. The molecule has 136 valence electrons. The largest absolute Gasteiger partial charge is 0.355 e. The second-order valence-electron chi connectivity index (χ2n) is 6.35. The summed E-state index contributed by atoms with van der Waals surface area (Å²) < 4.78 is 0. The first-order valence-corrected chi connectivity index (χ1v) is 8.61. The summed E-state index contributed by atoms with van der Waals surface area (Å²) in [5.41, 5.74) is 0.752. The fourth-order valence-electron chi connectivity index (χ4n) is 3.28. The molecule has 1 saturated heterocycles. The van der Waals surface area contributed by atoms with Crippen molar-refractivity contribution in [2.75, 3.05) is 32.7 Å². The van der Waals surface area contributed by atoms with E-state index in [9.17, 15) is 14.4 Å². The number of likely N-dealkylation sites (tertiary alicyclic amines) is 1. The van der Waals surface area contributed by atoms with Crippen LogP contribution in [0.15, 0.2) is 24.3 Å². The predicted molar refractivity (Wildman–Crippen MR) is 97.0 cm³/mol. The molecule has 2 aliphatic heterocycles. The maximum atomic E-state index is 12.2. The van der Waals surface area contributed by atoms with E-state index in [0.29, 0.717) is 17.7 Å². The number of nitrogens with zero attached hydrogens (tertiary/aromatic N) is 2. The normalized spacial score (nSPS) is 16.7. The summed E-state index contributed by atoms with van der Waals surface area (Å²) in [7, 11) is 0. The van der Waals surface area contributed by atoms with Crippen molar-refractivity contribution in [2.24, 2.45) is 0 Å². The third kappa shape index (κ3) is 4.58. The Hall–Kier alpha value is -1.92. The van der Waals surface area contributed by atoms with E-state index < -0.39 is 0 Å². The maximum absolute atomic E-state index is 12.2. The molecule has 25 heavy (non-hydrogen) atoms. The minimum absolute atomic E-state index is 0. The zero-order valence-electron chi connectivity index (χ0n) is 14.2. The number of carbonyl (C=O) groups is 3. The Balaban J connectivity index is 0.00000225. The minimum Gasteiger partial charge on any atom is -0.355 e. The van der Waals surface area contributed by atoms with Crippen molar-refractivity contribution in [3.05, 3.63) is 35.4 Å². The Morgan fingerprint density at radius 3 is 2.20 bits per heavy atom. The Morgan fingerprint density at radius 2 is 1.60 bits per heavy atom. The number of halogens is 1. The second-order valence-corrected chi connectivity index (χ2v) is 6.35. The Morgan fingerprint density at radius 1 is 1.00 bits per heavy atom. The highest BCUT2D eigenvalue weighted by atomic mass is 35.5. The van der Waals surface area contributed by atoms with Crippen LogP contribution in [-0.4, -0.2) is 60.2 Å². The highest BCUT2D eigenvalue weighted by Crippen LogP contribution is 2.21. The average molecular weight is 366 g/mol. The van der Waals surface area contributed by atoms with Crippen LogP contribution in [0.5, 0.6) is 0 Å². The number of carbonyl (C=O) groups excluding carboxylic acids is 3. The first-order valence-electron chi connectivity index (χ1n) is 8.61. The van der Waals surface area contributed by atoms with E-state index in [4.69, 9.17) is 0 Å². The number of rotatable bonds is 7. The molecule has 0 unspecified atom stereocenters. The Labute approximate surface area is 154 Å². The third-order valence-corrected chi connectivity index (χ3v) is 4.60. The molecule has 1 aromatic carbocycles. The molecular formula is C18H24ClN3O3. The quantitative estimate of drug-likeness (QED) is 0.589. The summed E-state index contributed by atoms with van der Waals surface area (Å²) in [4.78, 5) is 39.8. The molecule has 0 aliphatic carbocycles. The molecule has 0 saturated carbocycles. The molecule has 0 aromatic heterocycles. The van der Waals surface area contributed by atoms with Crippen molar-refractivity contribution < 1.29 is 14.4 Å². The van der Waals surface area contributed by atoms with Gasteiger partial charge in [-0.15, -0.1) is 12.4 Å². The molecule has 7 heteroatoms. The smallest absolute Gasteiger partial charge is 0.262 e. The molecule has 1 aromatic rings. The molecule has 2 aliphatic rings. The van der Waals surface area contributed by atoms with Crippen molar-refractivity contribution in [3.8, 4) is 0 Å². The zero-order valence-corrected chi connectivity index (χ0v) is 15.0. The van der Waals surface area contributed by atoms with Crippen molar-refractivity contribution in [1.29, 1.82) is 0 Å². The lowest BCUT2D eigenvalue weighted by molar-refractivity contribution is -0.121. The fraction of sp³-hybridized carbons (Fsp3) is 0.500. The molecule has 3 amide bonds. The van der Waals surface area contributed by atoms with Crippen LogP contribution in [0.1, 0.15) is 46.4 Å². The number of hydrogen-bond donors (Lipinski definition) is 1. The van der Waals surface area contributed by atoms with Gasteiger partial charge in [0.05, 0.1) is 11.1 Å². The molecular weight excluding hydrogens is 342 g/mol. The number of nitrogens with one attached hydrogen (secondary N) is 1. The third-order valence-electron chi connectivity index (χ3n) is 4.60. The number of fused-ring (bicyclic) bond motifs is 1. The summed E-state index contributed by atoms with van der Waals surface area (Å²) in [5.74, 6) is -1.06. The van der Waals surface area contributed by atoms with Crippen molar-refractivity contribution in [2.45, 2.75) is 25.7 Å². The van der Waals surface area contributed by atoms with Crippen LogP contribution >= 0.6 is 12.4 Å². The van der Waals surface area contributed by atoms with Gasteiger partial charge < -0.3 is 10.2 Å². The van der Waals surface area contributed by atoms with Gasteiger partial charge in [0.15, 0.2) is 0 Å². The van der Waals surface area contributed by atoms with Crippen LogP contribution in [-0.2, 0) is 4.79 Å². The minimum atomic E-state index is -0.389. The van der Waals surface area contributed by atoms with Gasteiger partial charge in [-0.2, -0.15) is 0 Å². The van der Waals surface area contributed by atoms with Gasteiger partial charge in [0.25, 0.3) is 11.8 Å². The molecule has 0 radical (unpaired) electrons. The van der Waals surface area contributed by atoms with E-state index >= 15 is 0 Å². The van der Waals surface area contributed by atoms with Gasteiger partial charge in [0.1, 0.15) is 6.54 Å². The number of imide groups is 1. The number of benzene rings is 1. The van der Waals surface area contributed by atoms with Gasteiger partial charge in [-0.3, -0.25) is 19.3 Å². The number of unbranched alkanes of at least 4 members (excludes halogenated alkanes) is 1. The summed E-state index contributed by atoms with van der Waals surface area (Å²) >= 11 is 0. The maximum Gasteiger partial charge on any atom is 0.262 e. The van der Waals surface area contributed by atoms with Crippen LogP contribution in [0.2, 0.25) is 0 Å². The molecule has 3 rings (SSSR count). The van der Waals surface area contributed by atoms with Gasteiger partial charge >= 0.3 is 0 Å². The van der Waals surface area contributed by atoms with Gasteiger partial charge in [-0.25, -0.2) is 0 Å². The summed E-state index contributed by atoms with van der Waals surface area (Å²) in [6.07, 6.45) is 4.53. The molecule has 0 spiro atoms. The standard InChI is InChI=1S/C18H23N3O3.ClH/c22-16(19-9-3-4-10-20-11-5-6-12-20)13-21-17(23)14-7-1-2-8-15(14)18(21)24;/h1-2,7-8H,3-6,9-13H2,(H,19,22);1H. The first kappa shape index (κ1) is 19.4. The monoisotopic (exact) mass is 365 g/mol. The zero-order chi connectivity index (χ0) is 16.9. The number of hydrogen-bond acceptors (Lipinski definition) is 4.